The van der Waals surface area contributed by atoms with E-state index in [-0.39, 0.29) is 11.3 Å². The molecule has 1 saturated heterocycles. The van der Waals surface area contributed by atoms with Crippen molar-refractivity contribution in [3.05, 3.63) is 10.6 Å². The van der Waals surface area contributed by atoms with Crippen LogP contribution < -0.4 is 0 Å². The molecule has 1 aliphatic heterocycles. The lowest BCUT2D eigenvalue weighted by Crippen LogP contribution is -2.58. The van der Waals surface area contributed by atoms with E-state index < -0.39 is 0 Å². The maximum Gasteiger partial charge on any atom is 0.267 e. The minimum atomic E-state index is -0.0715. The average molecular weight is 389 g/mol. The van der Waals surface area contributed by atoms with Crippen LogP contribution in [0.2, 0.25) is 0 Å². The van der Waals surface area contributed by atoms with E-state index >= 15 is 0 Å². The minimum absolute atomic E-state index is 0.0313. The average Bonchev–Trinajstić information content (AvgIpc) is 3.15. The number of aryl methyl sites for hydroxylation is 1. The summed E-state index contributed by atoms with van der Waals surface area (Å²) in [5.74, 6) is 2.78. The van der Waals surface area contributed by atoms with Crippen molar-refractivity contribution in [2.24, 2.45) is 23.2 Å². The summed E-state index contributed by atoms with van der Waals surface area (Å²) in [6.45, 7) is 4.58. The van der Waals surface area contributed by atoms with E-state index in [1.807, 2.05) is 11.8 Å². The molecule has 146 valence electrons. The Hall–Kier alpha value is -1.50. The van der Waals surface area contributed by atoms with Crippen molar-refractivity contribution in [1.29, 1.82) is 0 Å². The zero-order valence-electron chi connectivity index (χ0n) is 16.0. The summed E-state index contributed by atoms with van der Waals surface area (Å²) in [6, 6.07) is 0. The van der Waals surface area contributed by atoms with Crippen LogP contribution >= 0.6 is 11.5 Å². The number of amides is 2. The number of carbonyl (C=O) groups is 2. The largest absolute Gasteiger partial charge is 0.339 e. The van der Waals surface area contributed by atoms with Crippen LogP contribution in [-0.2, 0) is 11.2 Å². The smallest absolute Gasteiger partial charge is 0.267 e. The molecule has 0 unspecified atom stereocenters. The molecular weight excluding hydrogens is 360 g/mol. The van der Waals surface area contributed by atoms with Crippen molar-refractivity contribution in [3.8, 4) is 0 Å². The van der Waals surface area contributed by atoms with Gasteiger partial charge in [0.05, 0.1) is 11.1 Å². The Balaban J connectivity index is 1.24. The second-order valence-corrected chi connectivity index (χ2v) is 9.94. The van der Waals surface area contributed by atoms with Crippen LogP contribution in [-0.4, -0.2) is 57.4 Å². The molecular formula is C20H28N4O2S. The van der Waals surface area contributed by atoms with Crippen molar-refractivity contribution < 1.29 is 9.59 Å². The van der Waals surface area contributed by atoms with Gasteiger partial charge in [0.1, 0.15) is 4.88 Å². The van der Waals surface area contributed by atoms with Gasteiger partial charge in [-0.25, -0.2) is 0 Å². The highest BCUT2D eigenvalue weighted by molar-refractivity contribution is 7.08. The lowest BCUT2D eigenvalue weighted by Gasteiger charge is -2.57. The predicted octanol–water partition coefficient (Wildman–Crippen LogP) is 2.60. The molecule has 5 fully saturated rings. The first-order valence-electron chi connectivity index (χ1n) is 10.5. The number of aromatic nitrogens is 2. The number of piperazine rings is 1. The van der Waals surface area contributed by atoms with Gasteiger partial charge < -0.3 is 9.80 Å². The Morgan fingerprint density at radius 1 is 1.00 bits per heavy atom. The fraction of sp³-hybridized carbons (Fsp3) is 0.800. The highest BCUT2D eigenvalue weighted by Crippen LogP contribution is 2.60. The summed E-state index contributed by atoms with van der Waals surface area (Å²) >= 11 is 1.19. The van der Waals surface area contributed by atoms with Gasteiger partial charge in [-0.15, -0.1) is 5.10 Å². The van der Waals surface area contributed by atoms with Crippen molar-refractivity contribution >= 4 is 23.3 Å². The Kier molecular flexibility index (Phi) is 4.26. The number of nitrogens with zero attached hydrogens (tertiary/aromatic N) is 4. The fourth-order valence-corrected chi connectivity index (χ4v) is 7.29. The SMILES string of the molecule is CCc1nnsc1C(=O)N1CCN(C(=O)C23CC4CC(CC(C4)C2)C3)CC1. The topological polar surface area (TPSA) is 66.4 Å². The highest BCUT2D eigenvalue weighted by atomic mass is 32.1. The van der Waals surface area contributed by atoms with Crippen LogP contribution in [0.4, 0.5) is 0 Å². The molecule has 7 heteroatoms. The quantitative estimate of drug-likeness (QED) is 0.798. The Morgan fingerprint density at radius 2 is 1.56 bits per heavy atom. The van der Waals surface area contributed by atoms with Crippen molar-refractivity contribution in [1.82, 2.24) is 19.4 Å². The van der Waals surface area contributed by atoms with Gasteiger partial charge in [-0.3, -0.25) is 9.59 Å². The summed E-state index contributed by atoms with van der Waals surface area (Å²) in [5, 5.41) is 4.06. The van der Waals surface area contributed by atoms with Gasteiger partial charge in [-0.2, -0.15) is 0 Å². The molecule has 4 aliphatic carbocycles. The predicted molar refractivity (Wildman–Crippen MR) is 102 cm³/mol. The zero-order valence-corrected chi connectivity index (χ0v) is 16.8. The third-order valence-corrected chi connectivity index (χ3v) is 8.19. The third kappa shape index (κ3) is 2.89. The molecule has 6 rings (SSSR count). The van der Waals surface area contributed by atoms with Gasteiger partial charge in [-0.1, -0.05) is 11.4 Å². The van der Waals surface area contributed by atoms with Crippen molar-refractivity contribution in [2.75, 3.05) is 26.2 Å². The third-order valence-electron chi connectivity index (χ3n) is 7.43. The lowest BCUT2D eigenvalue weighted by molar-refractivity contribution is -0.159. The lowest BCUT2D eigenvalue weighted by atomic mass is 9.49. The van der Waals surface area contributed by atoms with Gasteiger partial charge in [0.2, 0.25) is 5.91 Å². The molecule has 6 nitrogen and oxygen atoms in total. The second-order valence-electron chi connectivity index (χ2n) is 9.18. The van der Waals surface area contributed by atoms with Gasteiger partial charge >= 0.3 is 0 Å². The van der Waals surface area contributed by atoms with Crippen LogP contribution in [0, 0.1) is 23.2 Å². The summed E-state index contributed by atoms with van der Waals surface area (Å²) in [5.41, 5.74) is 0.717. The molecule has 5 aliphatic rings. The second kappa shape index (κ2) is 6.54. The van der Waals surface area contributed by atoms with Gasteiger partial charge in [0.15, 0.2) is 0 Å². The molecule has 0 aromatic carbocycles. The van der Waals surface area contributed by atoms with E-state index in [1.165, 1.54) is 30.8 Å². The van der Waals surface area contributed by atoms with E-state index in [1.54, 1.807) is 0 Å². The highest BCUT2D eigenvalue weighted by Gasteiger charge is 2.55. The first-order chi connectivity index (χ1) is 13.1. The summed E-state index contributed by atoms with van der Waals surface area (Å²) < 4.78 is 3.94. The number of hydrogen-bond acceptors (Lipinski definition) is 5. The number of carbonyl (C=O) groups excluding carboxylic acids is 2. The van der Waals surface area contributed by atoms with E-state index in [0.29, 0.717) is 37.0 Å². The molecule has 2 heterocycles. The van der Waals surface area contributed by atoms with Gasteiger partial charge in [0.25, 0.3) is 5.91 Å². The van der Waals surface area contributed by atoms with Crippen LogP contribution in [0.15, 0.2) is 0 Å². The molecule has 0 N–H and O–H groups in total. The first-order valence-corrected chi connectivity index (χ1v) is 11.2. The van der Waals surface area contributed by atoms with Crippen molar-refractivity contribution in [2.45, 2.75) is 51.9 Å². The Labute approximate surface area is 164 Å². The molecule has 27 heavy (non-hydrogen) atoms. The molecule has 2 amide bonds. The first kappa shape index (κ1) is 17.6. The summed E-state index contributed by atoms with van der Waals surface area (Å²) in [6.07, 6.45) is 8.14. The molecule has 0 atom stereocenters. The molecule has 1 aromatic heterocycles. The van der Waals surface area contributed by atoms with Gasteiger partial charge in [0, 0.05) is 26.2 Å². The standard InChI is InChI=1S/C20H28N4O2S/c1-2-16-17(27-22-21-16)18(25)23-3-5-24(6-4-23)19(26)20-10-13-7-14(11-20)9-15(8-13)12-20/h13-15H,2-12H2,1H3. The van der Waals surface area contributed by atoms with E-state index in [4.69, 9.17) is 0 Å². The Morgan fingerprint density at radius 3 is 2.11 bits per heavy atom. The van der Waals surface area contributed by atoms with Crippen LogP contribution in [0.3, 0.4) is 0 Å². The van der Waals surface area contributed by atoms with Crippen LogP contribution in [0.25, 0.3) is 0 Å². The normalized spacial score (nSPS) is 34.9. The maximum absolute atomic E-state index is 13.5. The maximum atomic E-state index is 13.5. The fourth-order valence-electron chi connectivity index (χ4n) is 6.57. The van der Waals surface area contributed by atoms with Crippen LogP contribution in [0.5, 0.6) is 0 Å². The zero-order chi connectivity index (χ0) is 18.6. The van der Waals surface area contributed by atoms with Crippen LogP contribution in [0.1, 0.15) is 60.8 Å². The number of hydrogen-bond donors (Lipinski definition) is 0. The number of rotatable bonds is 3. The van der Waals surface area contributed by atoms with E-state index in [2.05, 4.69) is 14.5 Å². The molecule has 4 saturated carbocycles. The Bertz CT molecular complexity index is 718. The summed E-state index contributed by atoms with van der Waals surface area (Å²) in [4.78, 5) is 30.8. The molecule has 0 spiro atoms. The van der Waals surface area contributed by atoms with Gasteiger partial charge in [-0.05, 0) is 74.2 Å². The monoisotopic (exact) mass is 388 g/mol. The molecule has 4 bridgehead atoms. The molecule has 0 radical (unpaired) electrons. The molecule has 1 aromatic rings. The van der Waals surface area contributed by atoms with E-state index in [9.17, 15) is 9.59 Å². The minimum Gasteiger partial charge on any atom is -0.339 e. The summed E-state index contributed by atoms with van der Waals surface area (Å²) in [7, 11) is 0. The van der Waals surface area contributed by atoms with E-state index in [0.717, 1.165) is 49.1 Å². The van der Waals surface area contributed by atoms with Crippen molar-refractivity contribution in [3.63, 3.8) is 0 Å².